The van der Waals surface area contributed by atoms with E-state index < -0.39 is 36.8 Å². The number of amides is 2. The van der Waals surface area contributed by atoms with Gasteiger partial charge in [0.25, 0.3) is 11.8 Å². The van der Waals surface area contributed by atoms with Crippen LogP contribution in [-0.4, -0.2) is 30.9 Å². The Bertz CT molecular complexity index is 836. The van der Waals surface area contributed by atoms with Crippen LogP contribution >= 0.6 is 0 Å². The van der Waals surface area contributed by atoms with Gasteiger partial charge in [-0.05, 0) is 37.6 Å². The van der Waals surface area contributed by atoms with Crippen LogP contribution in [-0.2, 0) is 14.3 Å². The molecule has 2 aromatic carbocycles. The molecule has 0 heterocycles. The number of hydrogen-bond acceptors (Lipinski definition) is 4. The van der Waals surface area contributed by atoms with Crippen LogP contribution in [0.25, 0.3) is 0 Å². The molecule has 6 nitrogen and oxygen atoms in total. The molecule has 0 aromatic heterocycles. The number of rotatable bonds is 6. The highest BCUT2D eigenvalue weighted by atomic mass is 19.1. The Kier molecular flexibility index (Phi) is 6.43. The van der Waals surface area contributed by atoms with Gasteiger partial charge in [0.15, 0.2) is 6.61 Å². The maximum absolute atomic E-state index is 13.5. The van der Waals surface area contributed by atoms with E-state index >= 15 is 0 Å². The number of carbonyl (C=O) groups is 3. The van der Waals surface area contributed by atoms with Gasteiger partial charge in [-0.25, -0.2) is 4.39 Å². The van der Waals surface area contributed by atoms with Crippen molar-refractivity contribution in [3.63, 3.8) is 0 Å². The first-order valence-corrected chi connectivity index (χ1v) is 7.92. The molecular weight excluding hydrogens is 339 g/mol. The third kappa shape index (κ3) is 5.41. The predicted molar refractivity (Wildman–Crippen MR) is 94.2 cm³/mol. The molecule has 26 heavy (non-hydrogen) atoms. The van der Waals surface area contributed by atoms with Crippen molar-refractivity contribution in [2.75, 3.05) is 18.5 Å². The van der Waals surface area contributed by atoms with Crippen molar-refractivity contribution in [1.29, 1.82) is 0 Å². The number of aryl methyl sites for hydroxylation is 2. The Labute approximate surface area is 150 Å². The fourth-order valence-electron chi connectivity index (χ4n) is 2.23. The molecule has 0 radical (unpaired) electrons. The van der Waals surface area contributed by atoms with E-state index in [0.717, 1.165) is 17.2 Å². The van der Waals surface area contributed by atoms with Crippen LogP contribution in [0.5, 0.6) is 0 Å². The number of anilines is 1. The first kappa shape index (κ1) is 19.1. The monoisotopic (exact) mass is 358 g/mol. The zero-order chi connectivity index (χ0) is 19.1. The van der Waals surface area contributed by atoms with Crippen molar-refractivity contribution in [3.05, 3.63) is 65.0 Å². The number of nitrogens with one attached hydrogen (secondary N) is 2. The SMILES string of the molecule is Cc1ccc(NC(=O)COC(=O)CNC(=O)c2ccccc2F)c(C)c1. The normalized spacial score (nSPS) is 10.1. The fraction of sp³-hybridized carbons (Fsp3) is 0.211. The molecule has 2 aromatic rings. The van der Waals surface area contributed by atoms with Gasteiger partial charge < -0.3 is 15.4 Å². The molecule has 0 atom stereocenters. The molecule has 2 N–H and O–H groups in total. The molecule has 0 aliphatic carbocycles. The molecule has 0 spiro atoms. The Morgan fingerprint density at radius 3 is 2.50 bits per heavy atom. The highest BCUT2D eigenvalue weighted by molar-refractivity contribution is 5.97. The van der Waals surface area contributed by atoms with E-state index in [4.69, 9.17) is 4.74 Å². The summed E-state index contributed by atoms with van der Waals surface area (Å²) in [7, 11) is 0. The fourth-order valence-corrected chi connectivity index (χ4v) is 2.23. The third-order valence-electron chi connectivity index (χ3n) is 3.53. The van der Waals surface area contributed by atoms with E-state index in [1.54, 1.807) is 6.07 Å². The van der Waals surface area contributed by atoms with Gasteiger partial charge in [0.05, 0.1) is 5.56 Å². The molecule has 2 rings (SSSR count). The smallest absolute Gasteiger partial charge is 0.325 e. The molecule has 0 saturated carbocycles. The van der Waals surface area contributed by atoms with Crippen LogP contribution in [0, 0.1) is 19.7 Å². The summed E-state index contributed by atoms with van der Waals surface area (Å²) in [5.74, 6) is -2.72. The summed E-state index contributed by atoms with van der Waals surface area (Å²) < 4.78 is 18.2. The summed E-state index contributed by atoms with van der Waals surface area (Å²) in [4.78, 5) is 35.2. The molecule has 0 aliphatic rings. The largest absolute Gasteiger partial charge is 0.454 e. The van der Waals surface area contributed by atoms with E-state index in [9.17, 15) is 18.8 Å². The standard InChI is InChI=1S/C19H19FN2O4/c1-12-7-8-16(13(2)9-12)22-17(23)11-26-18(24)10-21-19(25)14-5-3-4-6-15(14)20/h3-9H,10-11H2,1-2H3,(H,21,25)(H,22,23). The maximum Gasteiger partial charge on any atom is 0.325 e. The maximum atomic E-state index is 13.5. The van der Waals surface area contributed by atoms with Crippen LogP contribution in [0.4, 0.5) is 10.1 Å². The zero-order valence-corrected chi connectivity index (χ0v) is 14.5. The number of ether oxygens (including phenoxy) is 1. The van der Waals surface area contributed by atoms with Crippen LogP contribution in [0.3, 0.4) is 0 Å². The second kappa shape index (κ2) is 8.75. The Hall–Kier alpha value is -3.22. The molecule has 0 fully saturated rings. The van der Waals surface area contributed by atoms with Crippen molar-refractivity contribution in [2.45, 2.75) is 13.8 Å². The van der Waals surface area contributed by atoms with Crippen molar-refractivity contribution in [3.8, 4) is 0 Å². The average molecular weight is 358 g/mol. The molecule has 2 amide bonds. The summed E-state index contributed by atoms with van der Waals surface area (Å²) in [6, 6.07) is 10.9. The molecule has 0 unspecified atom stereocenters. The highest BCUT2D eigenvalue weighted by Crippen LogP contribution is 2.15. The predicted octanol–water partition coefficient (Wildman–Crippen LogP) is 2.35. The van der Waals surface area contributed by atoms with E-state index in [1.165, 1.54) is 18.2 Å². The molecule has 0 aliphatic heterocycles. The zero-order valence-electron chi connectivity index (χ0n) is 14.5. The van der Waals surface area contributed by atoms with Gasteiger partial charge >= 0.3 is 5.97 Å². The van der Waals surface area contributed by atoms with Crippen molar-refractivity contribution < 1.29 is 23.5 Å². The summed E-state index contributed by atoms with van der Waals surface area (Å²) in [6.45, 7) is 2.84. The van der Waals surface area contributed by atoms with E-state index in [2.05, 4.69) is 10.6 Å². The van der Waals surface area contributed by atoms with E-state index in [-0.39, 0.29) is 5.56 Å². The summed E-state index contributed by atoms with van der Waals surface area (Å²) in [6.07, 6.45) is 0. The van der Waals surface area contributed by atoms with Gasteiger partial charge in [0.2, 0.25) is 0 Å². The van der Waals surface area contributed by atoms with Crippen molar-refractivity contribution in [1.82, 2.24) is 5.32 Å². The minimum absolute atomic E-state index is 0.173. The second-order valence-electron chi connectivity index (χ2n) is 5.69. The lowest BCUT2D eigenvalue weighted by molar-refractivity contribution is -0.146. The summed E-state index contributed by atoms with van der Waals surface area (Å²) in [5.41, 5.74) is 2.41. The topological polar surface area (TPSA) is 84.5 Å². The number of hydrogen-bond donors (Lipinski definition) is 2. The Morgan fingerprint density at radius 1 is 1.08 bits per heavy atom. The van der Waals surface area contributed by atoms with Gasteiger partial charge in [-0.15, -0.1) is 0 Å². The summed E-state index contributed by atoms with van der Waals surface area (Å²) >= 11 is 0. The molecule has 0 saturated heterocycles. The minimum Gasteiger partial charge on any atom is -0.454 e. The highest BCUT2D eigenvalue weighted by Gasteiger charge is 2.13. The molecule has 0 bridgehead atoms. The second-order valence-corrected chi connectivity index (χ2v) is 5.69. The van der Waals surface area contributed by atoms with Gasteiger partial charge in [0.1, 0.15) is 12.4 Å². The number of carbonyl (C=O) groups excluding carboxylic acids is 3. The van der Waals surface area contributed by atoms with Crippen LogP contribution in [0.1, 0.15) is 21.5 Å². The lowest BCUT2D eigenvalue weighted by atomic mass is 10.1. The first-order chi connectivity index (χ1) is 12.4. The molecular formula is C19H19FN2O4. The van der Waals surface area contributed by atoms with Gasteiger partial charge in [-0.3, -0.25) is 14.4 Å². The molecule has 7 heteroatoms. The first-order valence-electron chi connectivity index (χ1n) is 7.92. The minimum atomic E-state index is -0.800. The lowest BCUT2D eigenvalue weighted by Crippen LogP contribution is -2.32. The van der Waals surface area contributed by atoms with Gasteiger partial charge in [0, 0.05) is 5.69 Å². The average Bonchev–Trinajstić information content (AvgIpc) is 2.60. The Balaban J connectivity index is 1.77. The summed E-state index contributed by atoms with van der Waals surface area (Å²) in [5, 5.41) is 4.88. The number of halogens is 1. The van der Waals surface area contributed by atoms with E-state index in [1.807, 2.05) is 26.0 Å². The van der Waals surface area contributed by atoms with Crippen LogP contribution in [0.15, 0.2) is 42.5 Å². The van der Waals surface area contributed by atoms with Crippen molar-refractivity contribution >= 4 is 23.5 Å². The Morgan fingerprint density at radius 2 is 1.81 bits per heavy atom. The van der Waals surface area contributed by atoms with Gasteiger partial charge in [-0.2, -0.15) is 0 Å². The van der Waals surface area contributed by atoms with Crippen LogP contribution in [0.2, 0.25) is 0 Å². The lowest BCUT2D eigenvalue weighted by Gasteiger charge is -2.10. The van der Waals surface area contributed by atoms with E-state index in [0.29, 0.717) is 5.69 Å². The van der Waals surface area contributed by atoms with Gasteiger partial charge in [-0.1, -0.05) is 29.8 Å². The quantitative estimate of drug-likeness (QED) is 0.777. The third-order valence-corrected chi connectivity index (χ3v) is 3.53. The van der Waals surface area contributed by atoms with Crippen molar-refractivity contribution in [2.24, 2.45) is 0 Å². The van der Waals surface area contributed by atoms with Crippen LogP contribution < -0.4 is 10.6 Å². The number of esters is 1. The molecule has 136 valence electrons. The number of benzene rings is 2.